The van der Waals surface area contributed by atoms with Crippen LogP contribution >= 0.6 is 0 Å². The number of carbonyl (C=O) groups excluding carboxylic acids is 3. The van der Waals surface area contributed by atoms with Crippen molar-refractivity contribution in [2.24, 2.45) is 11.8 Å². The predicted octanol–water partition coefficient (Wildman–Crippen LogP) is 4.38. The van der Waals surface area contributed by atoms with Crippen molar-refractivity contribution in [1.82, 2.24) is 9.80 Å². The van der Waals surface area contributed by atoms with Gasteiger partial charge in [-0.2, -0.15) is 0 Å². The highest BCUT2D eigenvalue weighted by Gasteiger charge is 2.26. The zero-order chi connectivity index (χ0) is 24.7. The molecule has 1 N–H and O–H groups in total. The molecular formula is C27H42N4O3. The van der Waals surface area contributed by atoms with Crippen molar-refractivity contribution in [2.75, 3.05) is 49.5 Å². The molecule has 2 saturated heterocycles. The molecular weight excluding hydrogens is 428 g/mol. The van der Waals surface area contributed by atoms with Gasteiger partial charge in [0.1, 0.15) is 0 Å². The highest BCUT2D eigenvalue weighted by atomic mass is 16.2. The molecule has 0 saturated carbocycles. The molecule has 1 aromatic rings. The molecule has 3 rings (SSSR count). The van der Waals surface area contributed by atoms with Gasteiger partial charge in [0.05, 0.1) is 5.56 Å². The maximum Gasteiger partial charge on any atom is 0.256 e. The average Bonchev–Trinajstić information content (AvgIpc) is 3.04. The first-order chi connectivity index (χ1) is 16.2. The molecule has 0 aliphatic carbocycles. The lowest BCUT2D eigenvalue weighted by Gasteiger charge is -2.30. The van der Waals surface area contributed by atoms with Crippen LogP contribution in [0.2, 0.25) is 0 Å². The summed E-state index contributed by atoms with van der Waals surface area (Å²) in [6.45, 7) is 12.6. The second kappa shape index (κ2) is 12.2. The third kappa shape index (κ3) is 7.21. The lowest BCUT2D eigenvalue weighted by atomic mass is 10.1. The number of anilines is 2. The molecule has 2 aliphatic rings. The van der Waals surface area contributed by atoms with Crippen LogP contribution in [0.15, 0.2) is 18.2 Å². The molecule has 7 nitrogen and oxygen atoms in total. The minimum Gasteiger partial charge on any atom is -0.369 e. The smallest absolute Gasteiger partial charge is 0.256 e. The van der Waals surface area contributed by atoms with Gasteiger partial charge in [-0.05, 0) is 55.7 Å². The first-order valence-electron chi connectivity index (χ1n) is 13.0. The van der Waals surface area contributed by atoms with E-state index in [1.807, 2.05) is 41.8 Å². The van der Waals surface area contributed by atoms with E-state index in [1.54, 1.807) is 0 Å². The van der Waals surface area contributed by atoms with Gasteiger partial charge in [0.25, 0.3) is 5.91 Å². The van der Waals surface area contributed by atoms with E-state index in [-0.39, 0.29) is 23.6 Å². The largest absolute Gasteiger partial charge is 0.369 e. The van der Waals surface area contributed by atoms with Gasteiger partial charge in [0.15, 0.2) is 0 Å². The van der Waals surface area contributed by atoms with Crippen molar-refractivity contribution in [1.29, 1.82) is 0 Å². The molecule has 0 aromatic heterocycles. The zero-order valence-electron chi connectivity index (χ0n) is 21.4. The zero-order valence-corrected chi connectivity index (χ0v) is 21.4. The van der Waals surface area contributed by atoms with Crippen LogP contribution in [0.1, 0.15) is 76.6 Å². The Hall–Kier alpha value is -2.57. The number of likely N-dealkylation sites (tertiary alicyclic amines) is 1. The number of nitrogens with one attached hydrogen (secondary N) is 1. The van der Waals surface area contributed by atoms with Gasteiger partial charge in [-0.25, -0.2) is 0 Å². The van der Waals surface area contributed by atoms with Gasteiger partial charge in [-0.3, -0.25) is 14.4 Å². The maximum atomic E-state index is 13.6. The van der Waals surface area contributed by atoms with E-state index in [0.29, 0.717) is 43.1 Å². The Morgan fingerprint density at radius 3 is 2.15 bits per heavy atom. The van der Waals surface area contributed by atoms with Crippen LogP contribution in [0.25, 0.3) is 0 Å². The summed E-state index contributed by atoms with van der Waals surface area (Å²) < 4.78 is 0. The number of piperidine rings is 1. The molecule has 7 heteroatoms. The number of nitrogens with zero attached hydrogens (tertiary/aromatic N) is 3. The second-order valence-electron chi connectivity index (χ2n) is 10.6. The Bertz CT molecular complexity index is 861. The van der Waals surface area contributed by atoms with Gasteiger partial charge in [-0.1, -0.05) is 27.7 Å². The topological polar surface area (TPSA) is 73.0 Å². The minimum absolute atomic E-state index is 0.0339. The Morgan fingerprint density at radius 2 is 1.47 bits per heavy atom. The molecule has 0 bridgehead atoms. The maximum absolute atomic E-state index is 13.6. The molecule has 34 heavy (non-hydrogen) atoms. The van der Waals surface area contributed by atoms with E-state index in [1.165, 1.54) is 0 Å². The lowest BCUT2D eigenvalue weighted by molar-refractivity contribution is -0.131. The summed E-state index contributed by atoms with van der Waals surface area (Å²) in [7, 11) is 0. The third-order valence-corrected chi connectivity index (χ3v) is 6.52. The standard InChI is InChI=1S/C27H42N4O3/c1-20(2)17-25(32)28-22-9-10-24(23(19-22)27(34)31-11-6-5-7-12-31)29-13-8-14-30(16-15-29)26(33)18-21(3)4/h9-10,19-21H,5-8,11-18H2,1-4H3,(H,28,32). The fraction of sp³-hybridized carbons (Fsp3) is 0.667. The summed E-state index contributed by atoms with van der Waals surface area (Å²) in [4.78, 5) is 44.7. The van der Waals surface area contributed by atoms with Gasteiger partial charge in [0.2, 0.25) is 11.8 Å². The van der Waals surface area contributed by atoms with Crippen LogP contribution in [-0.4, -0.2) is 66.8 Å². The molecule has 3 amide bonds. The van der Waals surface area contributed by atoms with Crippen molar-refractivity contribution in [3.8, 4) is 0 Å². The first kappa shape index (κ1) is 26.0. The van der Waals surface area contributed by atoms with Crippen molar-refractivity contribution in [3.05, 3.63) is 23.8 Å². The average molecular weight is 471 g/mol. The third-order valence-electron chi connectivity index (χ3n) is 6.52. The van der Waals surface area contributed by atoms with Crippen LogP contribution in [0.5, 0.6) is 0 Å². The van der Waals surface area contributed by atoms with E-state index in [0.717, 1.165) is 57.5 Å². The summed E-state index contributed by atoms with van der Waals surface area (Å²) in [6, 6.07) is 5.71. The molecule has 0 atom stereocenters. The fourth-order valence-electron chi connectivity index (χ4n) is 4.80. The Balaban J connectivity index is 1.82. The number of rotatable bonds is 7. The number of hydrogen-bond acceptors (Lipinski definition) is 4. The molecule has 1 aromatic carbocycles. The molecule has 2 fully saturated rings. The summed E-state index contributed by atoms with van der Waals surface area (Å²) in [5.74, 6) is 0.829. The van der Waals surface area contributed by atoms with Crippen LogP contribution in [0.4, 0.5) is 11.4 Å². The Kier molecular flexibility index (Phi) is 9.36. The van der Waals surface area contributed by atoms with Crippen molar-refractivity contribution in [2.45, 2.75) is 66.2 Å². The SMILES string of the molecule is CC(C)CC(=O)Nc1ccc(N2CCCN(C(=O)CC(C)C)CC2)c(C(=O)N2CCCCC2)c1. The fourth-order valence-corrected chi connectivity index (χ4v) is 4.80. The highest BCUT2D eigenvalue weighted by molar-refractivity contribution is 6.02. The van der Waals surface area contributed by atoms with E-state index in [2.05, 4.69) is 24.1 Å². The van der Waals surface area contributed by atoms with Gasteiger partial charge < -0.3 is 20.0 Å². The minimum atomic E-state index is -0.0341. The monoisotopic (exact) mass is 470 g/mol. The molecule has 2 aliphatic heterocycles. The number of carbonyl (C=O) groups is 3. The highest BCUT2D eigenvalue weighted by Crippen LogP contribution is 2.28. The Morgan fingerprint density at radius 1 is 0.794 bits per heavy atom. The molecule has 0 unspecified atom stereocenters. The predicted molar refractivity (Wildman–Crippen MR) is 137 cm³/mol. The van der Waals surface area contributed by atoms with Crippen LogP contribution < -0.4 is 10.2 Å². The quantitative estimate of drug-likeness (QED) is 0.642. The van der Waals surface area contributed by atoms with Gasteiger partial charge in [-0.15, -0.1) is 0 Å². The number of hydrogen-bond donors (Lipinski definition) is 1. The van der Waals surface area contributed by atoms with Crippen molar-refractivity contribution >= 4 is 29.1 Å². The van der Waals surface area contributed by atoms with Crippen LogP contribution in [0, 0.1) is 11.8 Å². The van der Waals surface area contributed by atoms with Crippen LogP contribution in [0.3, 0.4) is 0 Å². The number of amides is 3. The molecule has 188 valence electrons. The lowest BCUT2D eigenvalue weighted by Crippen LogP contribution is -2.38. The van der Waals surface area contributed by atoms with Gasteiger partial charge in [0, 0.05) is 63.5 Å². The summed E-state index contributed by atoms with van der Waals surface area (Å²) in [6.07, 6.45) is 5.11. The summed E-state index contributed by atoms with van der Waals surface area (Å²) in [5.41, 5.74) is 2.21. The van der Waals surface area contributed by atoms with Crippen molar-refractivity contribution in [3.63, 3.8) is 0 Å². The van der Waals surface area contributed by atoms with E-state index in [4.69, 9.17) is 0 Å². The molecule has 0 spiro atoms. The molecule has 2 heterocycles. The normalized spacial score (nSPS) is 17.2. The van der Waals surface area contributed by atoms with E-state index < -0.39 is 0 Å². The number of benzene rings is 1. The molecule has 0 radical (unpaired) electrons. The van der Waals surface area contributed by atoms with E-state index in [9.17, 15) is 14.4 Å². The van der Waals surface area contributed by atoms with Gasteiger partial charge >= 0.3 is 0 Å². The summed E-state index contributed by atoms with van der Waals surface area (Å²) >= 11 is 0. The second-order valence-corrected chi connectivity index (χ2v) is 10.6. The van der Waals surface area contributed by atoms with E-state index >= 15 is 0 Å². The van der Waals surface area contributed by atoms with Crippen molar-refractivity contribution < 1.29 is 14.4 Å². The first-order valence-corrected chi connectivity index (χ1v) is 13.0. The Labute approximate surface area is 204 Å². The van der Waals surface area contributed by atoms with Crippen LogP contribution in [-0.2, 0) is 9.59 Å². The summed E-state index contributed by atoms with van der Waals surface area (Å²) in [5, 5.41) is 2.97.